The van der Waals surface area contributed by atoms with Crippen LogP contribution in [0.25, 0.3) is 11.4 Å². The zero-order valence-corrected chi connectivity index (χ0v) is 20.6. The van der Waals surface area contributed by atoms with Crippen LogP contribution in [0.1, 0.15) is 16.0 Å². The minimum absolute atomic E-state index is 0.144. The quantitative estimate of drug-likeness (QED) is 0.328. The highest BCUT2D eigenvalue weighted by Crippen LogP contribution is 2.28. The van der Waals surface area contributed by atoms with Gasteiger partial charge < -0.3 is 14.2 Å². The van der Waals surface area contributed by atoms with Gasteiger partial charge in [0.2, 0.25) is 5.91 Å². The molecule has 174 valence electrons. The molecule has 0 unspecified atom stereocenters. The standard InChI is InChI=1S/C26H26N4O2S2/c1-32-22-9-7-20(8-10-22)25-27-28-26(30(25)15-11-19-5-3-2-4-6-19)34-18-24(31)29-14-12-23-21(17-29)13-16-33-23/h2-10,13,16H,11-12,14-15,17-18H2,1H3. The molecule has 2 aromatic carbocycles. The van der Waals surface area contributed by atoms with Gasteiger partial charge in [-0.1, -0.05) is 42.1 Å². The van der Waals surface area contributed by atoms with Gasteiger partial charge >= 0.3 is 0 Å². The molecule has 1 aliphatic heterocycles. The predicted molar refractivity (Wildman–Crippen MR) is 136 cm³/mol. The van der Waals surface area contributed by atoms with Gasteiger partial charge in [-0.05, 0) is 59.7 Å². The van der Waals surface area contributed by atoms with Crippen LogP contribution in [0.4, 0.5) is 0 Å². The predicted octanol–water partition coefficient (Wildman–Crippen LogP) is 4.93. The number of aryl methyl sites for hydroxylation is 1. The van der Waals surface area contributed by atoms with Crippen LogP contribution in [-0.4, -0.2) is 45.0 Å². The molecule has 1 aliphatic rings. The van der Waals surface area contributed by atoms with E-state index in [4.69, 9.17) is 4.74 Å². The number of methoxy groups -OCH3 is 1. The molecular formula is C26H26N4O2S2. The van der Waals surface area contributed by atoms with Crippen LogP contribution in [0, 0.1) is 0 Å². The second-order valence-electron chi connectivity index (χ2n) is 8.14. The Hall–Kier alpha value is -3.10. The highest BCUT2D eigenvalue weighted by molar-refractivity contribution is 7.99. The molecule has 0 spiro atoms. The summed E-state index contributed by atoms with van der Waals surface area (Å²) in [7, 11) is 1.66. The minimum Gasteiger partial charge on any atom is -0.497 e. The Morgan fingerprint density at radius 3 is 2.71 bits per heavy atom. The molecule has 0 fully saturated rings. The fraction of sp³-hybridized carbons (Fsp3) is 0.269. The number of carbonyl (C=O) groups excluding carboxylic acids is 1. The number of ether oxygens (including phenoxy) is 1. The Kier molecular flexibility index (Phi) is 6.97. The number of amides is 1. The van der Waals surface area contributed by atoms with Crippen molar-refractivity contribution < 1.29 is 9.53 Å². The van der Waals surface area contributed by atoms with E-state index in [0.29, 0.717) is 12.3 Å². The first-order valence-electron chi connectivity index (χ1n) is 11.3. The lowest BCUT2D eigenvalue weighted by Gasteiger charge is -2.26. The second kappa shape index (κ2) is 10.4. The summed E-state index contributed by atoms with van der Waals surface area (Å²) in [5, 5.41) is 11.8. The summed E-state index contributed by atoms with van der Waals surface area (Å²) in [6.07, 6.45) is 1.80. The van der Waals surface area contributed by atoms with Gasteiger partial charge in [-0.15, -0.1) is 21.5 Å². The summed E-state index contributed by atoms with van der Waals surface area (Å²) in [5.41, 5.74) is 3.51. The maximum Gasteiger partial charge on any atom is 0.233 e. The molecule has 0 radical (unpaired) electrons. The van der Waals surface area contributed by atoms with Gasteiger partial charge in [0, 0.05) is 30.1 Å². The normalized spacial score (nSPS) is 13.0. The number of rotatable bonds is 8. The van der Waals surface area contributed by atoms with Gasteiger partial charge in [0.25, 0.3) is 0 Å². The van der Waals surface area contributed by atoms with Crippen molar-refractivity contribution in [2.75, 3.05) is 19.4 Å². The molecule has 0 saturated heterocycles. The number of fused-ring (bicyclic) bond motifs is 1. The lowest BCUT2D eigenvalue weighted by Crippen LogP contribution is -2.36. The van der Waals surface area contributed by atoms with Crippen LogP contribution < -0.4 is 4.74 Å². The Labute approximate surface area is 207 Å². The maximum atomic E-state index is 13.0. The van der Waals surface area contributed by atoms with Crippen LogP contribution in [0.2, 0.25) is 0 Å². The van der Waals surface area contributed by atoms with Crippen LogP contribution in [0.5, 0.6) is 5.75 Å². The summed E-state index contributed by atoms with van der Waals surface area (Å²) < 4.78 is 7.42. The molecule has 0 aliphatic carbocycles. The topological polar surface area (TPSA) is 60.3 Å². The summed E-state index contributed by atoms with van der Waals surface area (Å²) in [4.78, 5) is 16.3. The number of hydrogen-bond donors (Lipinski definition) is 0. The van der Waals surface area contributed by atoms with E-state index < -0.39 is 0 Å². The molecule has 0 N–H and O–H groups in total. The molecule has 1 amide bonds. The van der Waals surface area contributed by atoms with Gasteiger partial charge in [-0.2, -0.15) is 0 Å². The molecular weight excluding hydrogens is 464 g/mol. The molecule has 34 heavy (non-hydrogen) atoms. The first-order chi connectivity index (χ1) is 16.7. The average Bonchev–Trinajstić information content (AvgIpc) is 3.53. The van der Waals surface area contributed by atoms with Crippen molar-refractivity contribution in [3.05, 3.63) is 82.0 Å². The number of benzene rings is 2. The van der Waals surface area contributed by atoms with Crippen molar-refractivity contribution in [3.63, 3.8) is 0 Å². The lowest BCUT2D eigenvalue weighted by atomic mass is 10.1. The van der Waals surface area contributed by atoms with E-state index in [1.807, 2.05) is 35.2 Å². The SMILES string of the molecule is COc1ccc(-c2nnc(SCC(=O)N3CCc4sccc4C3)n2CCc2ccccc2)cc1. The molecule has 0 atom stereocenters. The highest BCUT2D eigenvalue weighted by atomic mass is 32.2. The van der Waals surface area contributed by atoms with E-state index in [-0.39, 0.29) is 5.91 Å². The van der Waals surface area contributed by atoms with Gasteiger partial charge in [-0.25, -0.2) is 0 Å². The number of aromatic nitrogens is 3. The van der Waals surface area contributed by atoms with E-state index in [0.717, 1.165) is 48.2 Å². The van der Waals surface area contributed by atoms with Crippen LogP contribution in [0.15, 0.2) is 71.2 Å². The fourth-order valence-corrected chi connectivity index (χ4v) is 5.87. The summed E-state index contributed by atoms with van der Waals surface area (Å²) in [6, 6.07) is 20.4. The third kappa shape index (κ3) is 5.03. The zero-order valence-electron chi connectivity index (χ0n) is 19.0. The summed E-state index contributed by atoms with van der Waals surface area (Å²) in [6.45, 7) is 2.22. The summed E-state index contributed by atoms with van der Waals surface area (Å²) in [5.74, 6) is 2.10. The van der Waals surface area contributed by atoms with E-state index in [2.05, 4.69) is 50.5 Å². The van der Waals surface area contributed by atoms with Crippen LogP contribution in [0.3, 0.4) is 0 Å². The Morgan fingerprint density at radius 1 is 1.09 bits per heavy atom. The van der Waals surface area contributed by atoms with Crippen molar-refractivity contribution >= 4 is 29.0 Å². The lowest BCUT2D eigenvalue weighted by molar-refractivity contribution is -0.129. The van der Waals surface area contributed by atoms with Crippen molar-refractivity contribution in [2.45, 2.75) is 31.1 Å². The zero-order chi connectivity index (χ0) is 23.3. The molecule has 5 rings (SSSR count). The number of thiophene rings is 1. The van der Waals surface area contributed by atoms with E-state index >= 15 is 0 Å². The van der Waals surface area contributed by atoms with Crippen molar-refractivity contribution in [1.29, 1.82) is 0 Å². The number of hydrogen-bond acceptors (Lipinski definition) is 6. The molecule has 2 aromatic heterocycles. The largest absolute Gasteiger partial charge is 0.497 e. The minimum atomic E-state index is 0.144. The molecule has 3 heterocycles. The molecule has 4 aromatic rings. The van der Waals surface area contributed by atoms with Crippen LogP contribution in [-0.2, 0) is 30.7 Å². The number of thioether (sulfide) groups is 1. The Balaban J connectivity index is 1.33. The summed E-state index contributed by atoms with van der Waals surface area (Å²) >= 11 is 3.25. The molecule has 0 bridgehead atoms. The van der Waals surface area contributed by atoms with Crippen LogP contribution >= 0.6 is 23.1 Å². The van der Waals surface area contributed by atoms with Crippen molar-refractivity contribution in [3.8, 4) is 17.1 Å². The molecule has 8 heteroatoms. The number of nitrogens with zero attached hydrogens (tertiary/aromatic N) is 4. The van der Waals surface area contributed by atoms with Gasteiger partial charge in [0.1, 0.15) is 5.75 Å². The molecule has 0 saturated carbocycles. The highest BCUT2D eigenvalue weighted by Gasteiger charge is 2.23. The Morgan fingerprint density at radius 2 is 1.91 bits per heavy atom. The average molecular weight is 491 g/mol. The van der Waals surface area contributed by atoms with E-state index in [1.165, 1.54) is 27.8 Å². The maximum absolute atomic E-state index is 13.0. The van der Waals surface area contributed by atoms with E-state index in [1.54, 1.807) is 18.4 Å². The Bertz CT molecular complexity index is 1250. The van der Waals surface area contributed by atoms with Gasteiger partial charge in [-0.3, -0.25) is 4.79 Å². The third-order valence-electron chi connectivity index (χ3n) is 6.02. The smallest absolute Gasteiger partial charge is 0.233 e. The van der Waals surface area contributed by atoms with Crippen molar-refractivity contribution in [2.24, 2.45) is 0 Å². The fourth-order valence-electron chi connectivity index (χ4n) is 4.12. The number of carbonyl (C=O) groups is 1. The monoisotopic (exact) mass is 490 g/mol. The van der Waals surface area contributed by atoms with E-state index in [9.17, 15) is 4.79 Å². The third-order valence-corrected chi connectivity index (χ3v) is 7.99. The van der Waals surface area contributed by atoms with Gasteiger partial charge in [0.05, 0.1) is 12.9 Å². The first-order valence-corrected chi connectivity index (χ1v) is 13.1. The van der Waals surface area contributed by atoms with Gasteiger partial charge in [0.15, 0.2) is 11.0 Å². The second-order valence-corrected chi connectivity index (χ2v) is 10.1. The first kappa shape index (κ1) is 22.7. The molecule has 6 nitrogen and oxygen atoms in total. The van der Waals surface area contributed by atoms with Crippen molar-refractivity contribution in [1.82, 2.24) is 19.7 Å².